The summed E-state index contributed by atoms with van der Waals surface area (Å²) >= 11 is 0. The molecule has 0 heterocycles. The van der Waals surface area contributed by atoms with E-state index in [9.17, 15) is 18.8 Å². The summed E-state index contributed by atoms with van der Waals surface area (Å²) in [4.78, 5) is 35.9. The predicted octanol–water partition coefficient (Wildman–Crippen LogP) is 1.65. The number of hydrogen-bond donors (Lipinski definition) is 2. The fourth-order valence-corrected chi connectivity index (χ4v) is 3.10. The van der Waals surface area contributed by atoms with Gasteiger partial charge in [-0.25, -0.2) is 9.18 Å². The summed E-state index contributed by atoms with van der Waals surface area (Å²) in [5, 5.41) is 4.50. The molecule has 0 bridgehead atoms. The molecule has 3 amide bonds. The molecule has 1 saturated carbocycles. The van der Waals surface area contributed by atoms with Crippen molar-refractivity contribution in [2.45, 2.75) is 31.1 Å². The summed E-state index contributed by atoms with van der Waals surface area (Å²) in [7, 11) is 1.49. The van der Waals surface area contributed by atoms with Crippen LogP contribution in [0.5, 0.6) is 0 Å². The molecule has 0 unspecified atom stereocenters. The van der Waals surface area contributed by atoms with Gasteiger partial charge in [-0.15, -0.1) is 0 Å². The van der Waals surface area contributed by atoms with Crippen LogP contribution in [-0.2, 0) is 24.5 Å². The zero-order valence-corrected chi connectivity index (χ0v) is 14.7. The smallest absolute Gasteiger partial charge is 0.321 e. The van der Waals surface area contributed by atoms with Gasteiger partial charge in [0.25, 0.3) is 5.91 Å². The van der Waals surface area contributed by atoms with Crippen LogP contribution in [0.2, 0.25) is 0 Å². The number of imide groups is 1. The van der Waals surface area contributed by atoms with Crippen molar-refractivity contribution in [3.63, 3.8) is 0 Å². The van der Waals surface area contributed by atoms with Crippen molar-refractivity contribution >= 4 is 17.9 Å². The Morgan fingerprint density at radius 3 is 2.42 bits per heavy atom. The number of carbonyl (C=O) groups is 3. The number of amides is 3. The Hall–Kier alpha value is -2.48. The maximum Gasteiger partial charge on any atom is 0.321 e. The van der Waals surface area contributed by atoms with E-state index < -0.39 is 29.9 Å². The van der Waals surface area contributed by atoms with Crippen LogP contribution < -0.4 is 10.6 Å². The van der Waals surface area contributed by atoms with Gasteiger partial charge >= 0.3 is 12.0 Å². The molecule has 0 radical (unpaired) electrons. The van der Waals surface area contributed by atoms with Crippen molar-refractivity contribution in [2.24, 2.45) is 0 Å². The fraction of sp³-hybridized carbons (Fsp3) is 0.500. The highest BCUT2D eigenvalue weighted by Gasteiger charge is 2.44. The van der Waals surface area contributed by atoms with Crippen LogP contribution in [0.25, 0.3) is 0 Å². The third-order valence-electron chi connectivity index (χ3n) is 4.42. The molecule has 1 aliphatic carbocycles. The quantitative estimate of drug-likeness (QED) is 0.565. The molecule has 1 aromatic rings. The van der Waals surface area contributed by atoms with E-state index in [1.807, 2.05) is 0 Å². The molecule has 0 aromatic heterocycles. The number of halogens is 1. The van der Waals surface area contributed by atoms with Crippen molar-refractivity contribution in [2.75, 3.05) is 26.9 Å². The van der Waals surface area contributed by atoms with E-state index in [1.165, 1.54) is 19.2 Å². The molecule has 0 saturated heterocycles. The molecule has 1 aliphatic rings. The molecular formula is C18H23FN2O5. The van der Waals surface area contributed by atoms with E-state index >= 15 is 0 Å². The van der Waals surface area contributed by atoms with Gasteiger partial charge in [-0.05, 0) is 30.5 Å². The Kier molecular flexibility index (Phi) is 7.08. The number of urea groups is 1. The lowest BCUT2D eigenvalue weighted by molar-refractivity contribution is -0.154. The molecule has 0 spiro atoms. The monoisotopic (exact) mass is 366 g/mol. The van der Waals surface area contributed by atoms with E-state index in [0.717, 1.165) is 12.8 Å². The molecule has 1 fully saturated rings. The number of rotatable bonds is 7. The topological polar surface area (TPSA) is 93.7 Å². The number of esters is 1. The van der Waals surface area contributed by atoms with Crippen LogP contribution in [0.1, 0.15) is 31.2 Å². The fourth-order valence-electron chi connectivity index (χ4n) is 3.10. The average molecular weight is 366 g/mol. The van der Waals surface area contributed by atoms with Crippen LogP contribution in [-0.4, -0.2) is 44.8 Å². The molecular weight excluding hydrogens is 343 g/mol. The lowest BCUT2D eigenvalue weighted by atomic mass is 9.79. The second-order valence-electron chi connectivity index (χ2n) is 6.17. The van der Waals surface area contributed by atoms with E-state index in [0.29, 0.717) is 25.0 Å². The molecule has 2 N–H and O–H groups in total. The Balaban J connectivity index is 1.91. The van der Waals surface area contributed by atoms with Gasteiger partial charge in [0.2, 0.25) is 0 Å². The molecule has 26 heavy (non-hydrogen) atoms. The molecule has 2 rings (SSSR count). The van der Waals surface area contributed by atoms with Gasteiger partial charge in [0.05, 0.1) is 12.0 Å². The van der Waals surface area contributed by atoms with E-state index in [4.69, 9.17) is 9.47 Å². The summed E-state index contributed by atoms with van der Waals surface area (Å²) in [6.07, 6.45) is 2.86. The Morgan fingerprint density at radius 1 is 1.15 bits per heavy atom. The Labute approximate surface area is 151 Å². The minimum Gasteiger partial charge on any atom is -0.455 e. The normalized spacial score (nSPS) is 15.3. The maximum atomic E-state index is 13.2. The van der Waals surface area contributed by atoms with Crippen LogP contribution in [0.4, 0.5) is 9.18 Å². The Morgan fingerprint density at radius 2 is 1.81 bits per heavy atom. The van der Waals surface area contributed by atoms with E-state index in [1.54, 1.807) is 12.1 Å². The van der Waals surface area contributed by atoms with Crippen molar-refractivity contribution in [1.29, 1.82) is 0 Å². The van der Waals surface area contributed by atoms with Crippen LogP contribution in [0, 0.1) is 5.82 Å². The van der Waals surface area contributed by atoms with E-state index in [-0.39, 0.29) is 12.4 Å². The van der Waals surface area contributed by atoms with Gasteiger partial charge in [-0.3, -0.25) is 14.9 Å². The van der Waals surface area contributed by atoms with Crippen molar-refractivity contribution in [3.8, 4) is 0 Å². The zero-order valence-electron chi connectivity index (χ0n) is 14.7. The first kappa shape index (κ1) is 19.8. The third kappa shape index (κ3) is 5.01. The molecule has 0 atom stereocenters. The van der Waals surface area contributed by atoms with Crippen LogP contribution in [0.15, 0.2) is 24.3 Å². The highest BCUT2D eigenvalue weighted by Crippen LogP contribution is 2.42. The minimum absolute atomic E-state index is 0.253. The first-order valence-electron chi connectivity index (χ1n) is 8.48. The molecule has 7 nitrogen and oxygen atoms in total. The largest absolute Gasteiger partial charge is 0.455 e. The van der Waals surface area contributed by atoms with Gasteiger partial charge in [0.1, 0.15) is 5.82 Å². The van der Waals surface area contributed by atoms with Gasteiger partial charge in [-0.1, -0.05) is 25.0 Å². The number of methoxy groups -OCH3 is 1. The summed E-state index contributed by atoms with van der Waals surface area (Å²) in [6.45, 7) is 0.0132. The lowest BCUT2D eigenvalue weighted by Gasteiger charge is -2.27. The van der Waals surface area contributed by atoms with Gasteiger partial charge < -0.3 is 14.8 Å². The number of nitrogens with one attached hydrogen (secondary N) is 2. The summed E-state index contributed by atoms with van der Waals surface area (Å²) in [6, 6.07) is 5.08. The average Bonchev–Trinajstić information content (AvgIpc) is 3.11. The van der Waals surface area contributed by atoms with Crippen molar-refractivity contribution < 1.29 is 28.2 Å². The number of carbonyl (C=O) groups excluding carboxylic acids is 3. The Bertz CT molecular complexity index is 641. The molecule has 142 valence electrons. The van der Waals surface area contributed by atoms with E-state index in [2.05, 4.69) is 10.6 Å². The highest BCUT2D eigenvalue weighted by molar-refractivity contribution is 5.96. The molecule has 1 aromatic carbocycles. The molecule has 8 heteroatoms. The number of benzene rings is 1. The maximum absolute atomic E-state index is 13.2. The minimum atomic E-state index is -0.866. The van der Waals surface area contributed by atoms with Crippen molar-refractivity contribution in [3.05, 3.63) is 35.6 Å². The lowest BCUT2D eigenvalue weighted by Crippen LogP contribution is -2.43. The standard InChI is InChI=1S/C18H23FN2O5/c1-25-11-10-20-17(24)21-15(22)12-26-16(23)18(8-2-3-9-18)13-4-6-14(19)7-5-13/h4-7H,2-3,8-12H2,1H3,(H2,20,21,22,24). The third-order valence-corrected chi connectivity index (χ3v) is 4.42. The number of hydrogen-bond acceptors (Lipinski definition) is 5. The second kappa shape index (κ2) is 9.28. The van der Waals surface area contributed by atoms with Gasteiger partial charge in [0, 0.05) is 13.7 Å². The summed E-state index contributed by atoms with van der Waals surface area (Å²) in [5.41, 5.74) is -0.187. The summed E-state index contributed by atoms with van der Waals surface area (Å²) in [5.74, 6) is -1.63. The van der Waals surface area contributed by atoms with Gasteiger partial charge in [-0.2, -0.15) is 0 Å². The van der Waals surface area contributed by atoms with Crippen LogP contribution in [0.3, 0.4) is 0 Å². The SMILES string of the molecule is COCCNC(=O)NC(=O)COC(=O)C1(c2ccc(F)cc2)CCCC1. The molecule has 0 aliphatic heterocycles. The van der Waals surface area contributed by atoms with Crippen LogP contribution >= 0.6 is 0 Å². The number of ether oxygens (including phenoxy) is 2. The predicted molar refractivity (Wildman–Crippen MR) is 90.9 cm³/mol. The zero-order chi connectivity index (χ0) is 19.0. The highest BCUT2D eigenvalue weighted by atomic mass is 19.1. The second-order valence-corrected chi connectivity index (χ2v) is 6.17. The first-order valence-corrected chi connectivity index (χ1v) is 8.48. The first-order chi connectivity index (χ1) is 12.5. The summed E-state index contributed by atoms with van der Waals surface area (Å²) < 4.78 is 23.1. The van der Waals surface area contributed by atoms with Gasteiger partial charge in [0.15, 0.2) is 6.61 Å². The van der Waals surface area contributed by atoms with Crippen molar-refractivity contribution in [1.82, 2.24) is 10.6 Å².